The van der Waals surface area contributed by atoms with Crippen molar-refractivity contribution in [3.63, 3.8) is 0 Å². The molecule has 0 fully saturated rings. The number of rotatable bonds is 5. The van der Waals surface area contributed by atoms with Crippen molar-refractivity contribution in [2.75, 3.05) is 19.8 Å². The van der Waals surface area contributed by atoms with Crippen LogP contribution >= 0.6 is 12.2 Å². The van der Waals surface area contributed by atoms with Crippen molar-refractivity contribution in [3.8, 4) is 5.75 Å². The fourth-order valence-corrected chi connectivity index (χ4v) is 3.92. The molecule has 1 aliphatic carbocycles. The molecule has 5 nitrogen and oxygen atoms in total. The Hall–Kier alpha value is -2.67. The van der Waals surface area contributed by atoms with Gasteiger partial charge in [-0.15, -0.1) is 0 Å². The van der Waals surface area contributed by atoms with E-state index in [2.05, 4.69) is 10.6 Å². The molecular formula is C21H21FN2O3S. The fourth-order valence-electron chi connectivity index (χ4n) is 3.67. The second kappa shape index (κ2) is 8.14. The van der Waals surface area contributed by atoms with Gasteiger partial charge in [0.15, 0.2) is 5.11 Å². The van der Waals surface area contributed by atoms with E-state index in [1.165, 1.54) is 6.07 Å². The van der Waals surface area contributed by atoms with Crippen LogP contribution in [0.3, 0.4) is 0 Å². The first kappa shape index (κ1) is 18.7. The smallest absolute Gasteiger partial charge is 0.338 e. The molecular weight excluding hydrogens is 379 g/mol. The number of halogens is 1. The van der Waals surface area contributed by atoms with Crippen LogP contribution in [0.25, 0.3) is 0 Å². The lowest BCUT2D eigenvalue weighted by Crippen LogP contribution is -2.38. The predicted octanol–water partition coefficient (Wildman–Crippen LogP) is 3.07. The van der Waals surface area contributed by atoms with Gasteiger partial charge in [0.2, 0.25) is 0 Å². The maximum Gasteiger partial charge on any atom is 0.338 e. The van der Waals surface area contributed by atoms with Gasteiger partial charge in [-0.2, -0.15) is 0 Å². The SMILES string of the molecule is O=C(OCCNC(=S)NC1CCc2c(F)cccc21)c1ccc2c(c1)CCO2. The molecule has 0 bridgehead atoms. The summed E-state index contributed by atoms with van der Waals surface area (Å²) in [6.45, 7) is 1.25. The van der Waals surface area contributed by atoms with E-state index < -0.39 is 0 Å². The Kier molecular flexibility index (Phi) is 5.43. The molecule has 146 valence electrons. The molecule has 2 aromatic rings. The lowest BCUT2D eigenvalue weighted by molar-refractivity contribution is 0.0512. The molecule has 0 amide bonds. The number of carbonyl (C=O) groups is 1. The van der Waals surface area contributed by atoms with Gasteiger partial charge in [0.25, 0.3) is 0 Å². The lowest BCUT2D eigenvalue weighted by atomic mass is 10.1. The van der Waals surface area contributed by atoms with Gasteiger partial charge < -0.3 is 20.1 Å². The molecule has 7 heteroatoms. The van der Waals surface area contributed by atoms with Gasteiger partial charge in [0.05, 0.1) is 24.8 Å². The third kappa shape index (κ3) is 3.94. The zero-order chi connectivity index (χ0) is 19.5. The predicted molar refractivity (Wildman–Crippen MR) is 107 cm³/mol. The molecule has 1 unspecified atom stereocenters. The van der Waals surface area contributed by atoms with E-state index >= 15 is 0 Å². The largest absolute Gasteiger partial charge is 0.493 e. The molecule has 2 aromatic carbocycles. The normalized spacial score (nSPS) is 16.7. The van der Waals surface area contributed by atoms with E-state index in [4.69, 9.17) is 21.7 Å². The summed E-state index contributed by atoms with van der Waals surface area (Å²) in [7, 11) is 0. The Morgan fingerprint density at radius 1 is 1.29 bits per heavy atom. The molecule has 2 N–H and O–H groups in total. The second-order valence-electron chi connectivity index (χ2n) is 6.86. The van der Waals surface area contributed by atoms with Gasteiger partial charge in [-0.1, -0.05) is 12.1 Å². The minimum atomic E-state index is -0.365. The summed E-state index contributed by atoms with van der Waals surface area (Å²) in [6.07, 6.45) is 2.31. The molecule has 28 heavy (non-hydrogen) atoms. The Morgan fingerprint density at radius 3 is 3.07 bits per heavy atom. The number of ether oxygens (including phenoxy) is 2. The van der Waals surface area contributed by atoms with Crippen LogP contribution in [0.2, 0.25) is 0 Å². The molecule has 2 aliphatic rings. The van der Waals surface area contributed by atoms with Gasteiger partial charge in [-0.05, 0) is 66.0 Å². The number of benzene rings is 2. The van der Waals surface area contributed by atoms with Gasteiger partial charge in [-0.25, -0.2) is 9.18 Å². The van der Waals surface area contributed by atoms with E-state index in [0.717, 1.165) is 35.3 Å². The van der Waals surface area contributed by atoms with Crippen molar-refractivity contribution in [1.29, 1.82) is 0 Å². The van der Waals surface area contributed by atoms with Crippen molar-refractivity contribution in [1.82, 2.24) is 10.6 Å². The summed E-state index contributed by atoms with van der Waals surface area (Å²) in [4.78, 5) is 12.2. The molecule has 0 saturated carbocycles. The van der Waals surface area contributed by atoms with Crippen LogP contribution in [0.1, 0.15) is 39.5 Å². The highest BCUT2D eigenvalue weighted by molar-refractivity contribution is 7.80. The Morgan fingerprint density at radius 2 is 2.18 bits per heavy atom. The number of thiocarbonyl (C=S) groups is 1. The van der Waals surface area contributed by atoms with E-state index in [1.54, 1.807) is 18.2 Å². The summed E-state index contributed by atoms with van der Waals surface area (Å²) in [6, 6.07) is 10.5. The first-order valence-corrected chi connectivity index (χ1v) is 9.77. The topological polar surface area (TPSA) is 59.6 Å². The highest BCUT2D eigenvalue weighted by atomic mass is 32.1. The summed E-state index contributed by atoms with van der Waals surface area (Å²) < 4.78 is 24.5. The zero-order valence-electron chi connectivity index (χ0n) is 15.3. The van der Waals surface area contributed by atoms with Crippen molar-refractivity contribution in [3.05, 3.63) is 64.5 Å². The maximum atomic E-state index is 13.8. The molecule has 0 spiro atoms. The highest BCUT2D eigenvalue weighted by Crippen LogP contribution is 2.32. The number of esters is 1. The second-order valence-corrected chi connectivity index (χ2v) is 7.26. The van der Waals surface area contributed by atoms with Crippen LogP contribution in [0, 0.1) is 5.82 Å². The van der Waals surface area contributed by atoms with Crippen molar-refractivity contribution < 1.29 is 18.7 Å². The number of hydrogen-bond donors (Lipinski definition) is 2. The van der Waals surface area contributed by atoms with Gasteiger partial charge in [-0.3, -0.25) is 0 Å². The molecule has 1 aliphatic heterocycles. The number of fused-ring (bicyclic) bond motifs is 2. The summed E-state index contributed by atoms with van der Waals surface area (Å²) >= 11 is 5.31. The molecule has 0 saturated heterocycles. The number of nitrogens with one attached hydrogen (secondary N) is 2. The Bertz CT molecular complexity index is 919. The monoisotopic (exact) mass is 400 g/mol. The first-order chi connectivity index (χ1) is 13.6. The molecule has 1 heterocycles. The van der Waals surface area contributed by atoms with Crippen molar-refractivity contribution in [2.24, 2.45) is 0 Å². The van der Waals surface area contributed by atoms with Crippen LogP contribution in [0.15, 0.2) is 36.4 Å². The average molecular weight is 400 g/mol. The lowest BCUT2D eigenvalue weighted by Gasteiger charge is -2.17. The molecule has 4 rings (SSSR count). The standard InChI is InChI=1S/C21H21FN2O3S/c22-17-3-1-2-16-15(17)5-6-18(16)24-21(28)23-9-11-27-20(25)14-4-7-19-13(12-14)8-10-26-19/h1-4,7,12,18H,5-6,8-11H2,(H2,23,24,28). The molecule has 0 aromatic heterocycles. The highest BCUT2D eigenvalue weighted by Gasteiger charge is 2.25. The fraction of sp³-hybridized carbons (Fsp3) is 0.333. The molecule has 0 radical (unpaired) electrons. The summed E-state index contributed by atoms with van der Waals surface area (Å²) in [5.41, 5.74) is 3.27. The van der Waals surface area contributed by atoms with Crippen LogP contribution in [0.5, 0.6) is 5.75 Å². The minimum Gasteiger partial charge on any atom is -0.493 e. The first-order valence-electron chi connectivity index (χ1n) is 9.36. The van der Waals surface area contributed by atoms with Crippen molar-refractivity contribution in [2.45, 2.75) is 25.3 Å². The van der Waals surface area contributed by atoms with Crippen LogP contribution in [0.4, 0.5) is 4.39 Å². The number of carbonyl (C=O) groups excluding carboxylic acids is 1. The average Bonchev–Trinajstić information content (AvgIpc) is 3.32. The van der Waals surface area contributed by atoms with E-state index in [-0.39, 0.29) is 24.4 Å². The van der Waals surface area contributed by atoms with Gasteiger partial charge >= 0.3 is 5.97 Å². The van der Waals surface area contributed by atoms with Crippen LogP contribution < -0.4 is 15.4 Å². The third-order valence-corrected chi connectivity index (χ3v) is 5.33. The molecule has 1 atom stereocenters. The van der Waals surface area contributed by atoms with E-state index in [9.17, 15) is 9.18 Å². The van der Waals surface area contributed by atoms with Crippen LogP contribution in [-0.2, 0) is 17.6 Å². The zero-order valence-corrected chi connectivity index (χ0v) is 16.1. The minimum absolute atomic E-state index is 0.00174. The quantitative estimate of drug-likeness (QED) is 0.457. The summed E-state index contributed by atoms with van der Waals surface area (Å²) in [5.74, 6) is 0.310. The maximum absolute atomic E-state index is 13.8. The van der Waals surface area contributed by atoms with Crippen molar-refractivity contribution >= 4 is 23.3 Å². The van der Waals surface area contributed by atoms with Gasteiger partial charge in [0.1, 0.15) is 18.2 Å². The summed E-state index contributed by atoms with van der Waals surface area (Å²) in [5, 5.41) is 6.71. The third-order valence-electron chi connectivity index (χ3n) is 5.06. The van der Waals surface area contributed by atoms with Gasteiger partial charge in [0, 0.05) is 6.42 Å². The Labute approximate surface area is 168 Å². The van der Waals surface area contributed by atoms with E-state index in [0.29, 0.717) is 30.2 Å². The van der Waals surface area contributed by atoms with Crippen LogP contribution in [-0.4, -0.2) is 30.8 Å². The number of hydrogen-bond acceptors (Lipinski definition) is 4. The Balaban J connectivity index is 1.21. The van der Waals surface area contributed by atoms with E-state index in [1.807, 2.05) is 12.1 Å².